The average Bonchev–Trinajstić information content (AvgIpc) is 3.19. The highest BCUT2D eigenvalue weighted by Gasteiger charge is 2.22. The van der Waals surface area contributed by atoms with Crippen LogP contribution < -0.4 is 4.72 Å². The summed E-state index contributed by atoms with van der Waals surface area (Å²) in [6.45, 7) is 0.475. The maximum atomic E-state index is 12.0. The molecule has 118 valence electrons. The standard InChI is InChI=1S/C13H12N6O3S/c20-12(18-23(21,22)13-14-9-15-17-13)11-6-16-19(8-11)7-10-4-2-1-3-5-10/h1-6,8-9H,7H2,(H,18,20)(H,14,15,17). The number of H-pyrrole nitrogens is 1. The lowest BCUT2D eigenvalue weighted by atomic mass is 10.2. The van der Waals surface area contributed by atoms with E-state index >= 15 is 0 Å². The van der Waals surface area contributed by atoms with E-state index in [2.05, 4.69) is 20.3 Å². The van der Waals surface area contributed by atoms with E-state index in [0.717, 1.165) is 11.9 Å². The van der Waals surface area contributed by atoms with E-state index in [1.807, 2.05) is 35.1 Å². The summed E-state index contributed by atoms with van der Waals surface area (Å²) in [6, 6.07) is 9.55. The highest BCUT2D eigenvalue weighted by molar-refractivity contribution is 7.89. The molecular weight excluding hydrogens is 320 g/mol. The molecule has 0 fully saturated rings. The van der Waals surface area contributed by atoms with Gasteiger partial charge in [0, 0.05) is 6.20 Å². The van der Waals surface area contributed by atoms with E-state index in [0.29, 0.717) is 6.54 Å². The van der Waals surface area contributed by atoms with Gasteiger partial charge in [0.1, 0.15) is 6.33 Å². The number of hydrogen-bond acceptors (Lipinski definition) is 6. The molecule has 0 spiro atoms. The maximum absolute atomic E-state index is 12.0. The summed E-state index contributed by atoms with van der Waals surface area (Å²) in [5.41, 5.74) is 1.14. The Balaban J connectivity index is 1.72. The molecule has 1 amide bonds. The number of aromatic amines is 1. The van der Waals surface area contributed by atoms with Crippen LogP contribution in [-0.2, 0) is 16.6 Å². The minimum atomic E-state index is -4.08. The van der Waals surface area contributed by atoms with Crippen molar-refractivity contribution in [2.45, 2.75) is 11.7 Å². The summed E-state index contributed by atoms with van der Waals surface area (Å²) in [5.74, 6) is -0.791. The largest absolute Gasteiger partial charge is 0.299 e. The monoisotopic (exact) mass is 332 g/mol. The van der Waals surface area contributed by atoms with Gasteiger partial charge in [-0.2, -0.15) is 18.6 Å². The second-order valence-electron chi connectivity index (χ2n) is 4.64. The van der Waals surface area contributed by atoms with E-state index in [4.69, 9.17) is 0 Å². The Morgan fingerprint density at radius 3 is 2.74 bits per heavy atom. The van der Waals surface area contributed by atoms with Crippen molar-refractivity contribution >= 4 is 15.9 Å². The van der Waals surface area contributed by atoms with E-state index in [1.54, 1.807) is 4.68 Å². The summed E-state index contributed by atoms with van der Waals surface area (Å²) in [5, 5.41) is 9.25. The zero-order valence-electron chi connectivity index (χ0n) is 11.7. The summed E-state index contributed by atoms with van der Waals surface area (Å²) < 4.78 is 27.2. The molecule has 2 N–H and O–H groups in total. The SMILES string of the molecule is O=C(NS(=O)(=O)c1ncn[nH]1)c1cnn(Cc2ccccc2)c1. The molecule has 0 radical (unpaired) electrons. The van der Waals surface area contributed by atoms with Gasteiger partial charge in [-0.3, -0.25) is 9.48 Å². The summed E-state index contributed by atoms with van der Waals surface area (Å²) in [7, 11) is -4.08. The minimum Gasteiger partial charge on any atom is -0.268 e. The molecule has 2 aromatic heterocycles. The number of hydrogen-bond donors (Lipinski definition) is 2. The van der Waals surface area contributed by atoms with Crippen LogP contribution in [0.4, 0.5) is 0 Å². The second-order valence-corrected chi connectivity index (χ2v) is 6.24. The molecule has 0 bridgehead atoms. The van der Waals surface area contributed by atoms with Gasteiger partial charge in [0.15, 0.2) is 0 Å². The number of carbonyl (C=O) groups is 1. The molecule has 3 aromatic rings. The molecule has 0 saturated carbocycles. The third-order valence-electron chi connectivity index (χ3n) is 2.96. The smallest absolute Gasteiger partial charge is 0.268 e. The molecule has 9 nitrogen and oxygen atoms in total. The van der Waals surface area contributed by atoms with Crippen molar-refractivity contribution in [3.63, 3.8) is 0 Å². The van der Waals surface area contributed by atoms with E-state index in [9.17, 15) is 13.2 Å². The molecule has 0 aliphatic heterocycles. The Kier molecular flexibility index (Phi) is 3.89. The Hall–Kier alpha value is -3.01. The third-order valence-corrected chi connectivity index (χ3v) is 4.12. The summed E-state index contributed by atoms with van der Waals surface area (Å²) >= 11 is 0. The van der Waals surface area contributed by atoms with E-state index < -0.39 is 21.1 Å². The Morgan fingerprint density at radius 1 is 1.26 bits per heavy atom. The fraction of sp³-hybridized carbons (Fsp3) is 0.0769. The van der Waals surface area contributed by atoms with Crippen molar-refractivity contribution in [1.29, 1.82) is 0 Å². The van der Waals surface area contributed by atoms with Crippen LogP contribution in [0, 0.1) is 0 Å². The van der Waals surface area contributed by atoms with Crippen molar-refractivity contribution < 1.29 is 13.2 Å². The van der Waals surface area contributed by atoms with Gasteiger partial charge in [-0.1, -0.05) is 30.3 Å². The third kappa shape index (κ3) is 3.43. The zero-order valence-corrected chi connectivity index (χ0v) is 12.6. The molecule has 2 heterocycles. The van der Waals surface area contributed by atoms with Gasteiger partial charge in [0.05, 0.1) is 18.3 Å². The van der Waals surface area contributed by atoms with Gasteiger partial charge in [0.25, 0.3) is 21.1 Å². The van der Waals surface area contributed by atoms with Crippen molar-refractivity contribution in [2.24, 2.45) is 0 Å². The predicted molar refractivity (Wildman–Crippen MR) is 78.8 cm³/mol. The molecule has 0 atom stereocenters. The first-order valence-electron chi connectivity index (χ1n) is 6.53. The van der Waals surface area contributed by atoms with Crippen molar-refractivity contribution in [3.8, 4) is 0 Å². The molecular formula is C13H12N6O3S. The molecule has 10 heteroatoms. The lowest BCUT2D eigenvalue weighted by molar-refractivity contribution is 0.0981. The van der Waals surface area contributed by atoms with Crippen molar-refractivity contribution in [1.82, 2.24) is 29.7 Å². The quantitative estimate of drug-likeness (QED) is 0.686. The van der Waals surface area contributed by atoms with Gasteiger partial charge in [-0.05, 0) is 5.56 Å². The van der Waals surface area contributed by atoms with Gasteiger partial charge in [-0.15, -0.1) is 0 Å². The van der Waals surface area contributed by atoms with Crippen LogP contribution in [0.15, 0.2) is 54.2 Å². The Labute approximate surface area is 131 Å². The van der Waals surface area contributed by atoms with Crippen LogP contribution >= 0.6 is 0 Å². The van der Waals surface area contributed by atoms with Crippen molar-refractivity contribution in [3.05, 3.63) is 60.2 Å². The number of nitrogens with one attached hydrogen (secondary N) is 2. The summed E-state index contributed by atoms with van der Waals surface area (Å²) in [4.78, 5) is 15.5. The number of carbonyl (C=O) groups excluding carboxylic acids is 1. The highest BCUT2D eigenvalue weighted by atomic mass is 32.2. The van der Waals surface area contributed by atoms with Crippen LogP contribution in [0.5, 0.6) is 0 Å². The molecule has 0 unspecified atom stereocenters. The lowest BCUT2D eigenvalue weighted by Crippen LogP contribution is -2.31. The number of rotatable bonds is 5. The molecule has 0 saturated heterocycles. The van der Waals surface area contributed by atoms with Gasteiger partial charge in [0.2, 0.25) is 0 Å². The topological polar surface area (TPSA) is 123 Å². The molecule has 23 heavy (non-hydrogen) atoms. The number of aromatic nitrogens is 5. The average molecular weight is 332 g/mol. The van der Waals surface area contributed by atoms with Crippen LogP contribution in [0.3, 0.4) is 0 Å². The van der Waals surface area contributed by atoms with Crippen molar-refractivity contribution in [2.75, 3.05) is 0 Å². The second kappa shape index (κ2) is 6.01. The molecule has 0 aliphatic carbocycles. The summed E-state index contributed by atoms with van der Waals surface area (Å²) in [6.07, 6.45) is 3.81. The minimum absolute atomic E-state index is 0.129. The first-order chi connectivity index (χ1) is 11.0. The molecule has 3 rings (SSSR count). The number of benzene rings is 1. The first-order valence-corrected chi connectivity index (χ1v) is 8.02. The van der Waals surface area contributed by atoms with Gasteiger partial charge in [-0.25, -0.2) is 14.8 Å². The first kappa shape index (κ1) is 14.9. The van der Waals surface area contributed by atoms with E-state index in [-0.39, 0.29) is 5.56 Å². The predicted octanol–water partition coefficient (Wildman–Crippen LogP) is 0.168. The molecule has 1 aromatic carbocycles. The van der Waals surface area contributed by atoms with Crippen LogP contribution in [0.2, 0.25) is 0 Å². The maximum Gasteiger partial charge on any atom is 0.299 e. The Bertz CT molecular complexity index is 902. The van der Waals surface area contributed by atoms with E-state index in [1.165, 1.54) is 12.4 Å². The number of sulfonamides is 1. The van der Waals surface area contributed by atoms with Crippen LogP contribution in [0.25, 0.3) is 0 Å². The fourth-order valence-electron chi connectivity index (χ4n) is 1.89. The molecule has 0 aliphatic rings. The zero-order chi connectivity index (χ0) is 16.3. The fourth-order valence-corrected chi connectivity index (χ4v) is 2.71. The lowest BCUT2D eigenvalue weighted by Gasteiger charge is -2.02. The number of amides is 1. The van der Waals surface area contributed by atoms with Gasteiger partial charge < -0.3 is 0 Å². The van der Waals surface area contributed by atoms with Crippen LogP contribution in [0.1, 0.15) is 15.9 Å². The van der Waals surface area contributed by atoms with Crippen LogP contribution in [-0.4, -0.2) is 39.3 Å². The highest BCUT2D eigenvalue weighted by Crippen LogP contribution is 2.06. The Morgan fingerprint density at radius 2 is 2.04 bits per heavy atom. The number of nitrogens with zero attached hydrogens (tertiary/aromatic N) is 4. The normalized spacial score (nSPS) is 11.3. The van der Waals surface area contributed by atoms with Gasteiger partial charge >= 0.3 is 0 Å².